The standard InChI is InChI=1S/C34H24N4O3/c1-40-29-19-11-14-24-21-30(41-33(24)29)32-25(22-37(35-32)26-15-7-3-8-16-26)20-28-31(23-12-5-2-6-13-23)36-38(34(28)39)27-17-9-4-10-18-27/h2-22H,1H3/b28-20-. The molecule has 0 bridgehead atoms. The molecule has 0 aliphatic carbocycles. The molecule has 6 aromatic rings. The third kappa shape index (κ3) is 4.39. The number of benzene rings is 4. The number of amides is 1. The number of carbonyl (C=O) groups excluding carboxylic acids is 1. The van der Waals surface area contributed by atoms with E-state index >= 15 is 0 Å². The molecule has 2 aromatic heterocycles. The van der Waals surface area contributed by atoms with E-state index in [2.05, 4.69) is 0 Å². The van der Waals surface area contributed by atoms with Crippen LogP contribution >= 0.6 is 0 Å². The van der Waals surface area contributed by atoms with Crippen molar-refractivity contribution in [1.29, 1.82) is 0 Å². The van der Waals surface area contributed by atoms with Gasteiger partial charge in [-0.3, -0.25) is 4.79 Å². The molecule has 0 spiro atoms. The van der Waals surface area contributed by atoms with Crippen LogP contribution in [0.3, 0.4) is 0 Å². The van der Waals surface area contributed by atoms with E-state index in [-0.39, 0.29) is 5.91 Å². The number of rotatable bonds is 6. The van der Waals surface area contributed by atoms with Crippen molar-refractivity contribution in [3.63, 3.8) is 0 Å². The summed E-state index contributed by atoms with van der Waals surface area (Å²) in [7, 11) is 1.62. The first kappa shape index (κ1) is 24.4. The van der Waals surface area contributed by atoms with Gasteiger partial charge in [0.05, 0.1) is 24.1 Å². The van der Waals surface area contributed by atoms with Crippen LogP contribution in [0.25, 0.3) is 34.2 Å². The van der Waals surface area contributed by atoms with Gasteiger partial charge in [0.1, 0.15) is 11.4 Å². The van der Waals surface area contributed by atoms with Crippen molar-refractivity contribution in [2.24, 2.45) is 5.10 Å². The molecular weight excluding hydrogens is 512 g/mol. The molecule has 7 rings (SSSR count). The second-order valence-electron chi connectivity index (χ2n) is 9.53. The number of carbonyl (C=O) groups is 1. The second-order valence-corrected chi connectivity index (χ2v) is 9.53. The monoisotopic (exact) mass is 536 g/mol. The van der Waals surface area contributed by atoms with Crippen LogP contribution in [0, 0.1) is 0 Å². The predicted octanol–water partition coefficient (Wildman–Crippen LogP) is 7.13. The topological polar surface area (TPSA) is 72.9 Å². The molecule has 7 heteroatoms. The van der Waals surface area contributed by atoms with Crippen LogP contribution in [0.2, 0.25) is 0 Å². The normalized spacial score (nSPS) is 14.2. The van der Waals surface area contributed by atoms with E-state index < -0.39 is 0 Å². The van der Waals surface area contributed by atoms with Crippen LogP contribution in [-0.2, 0) is 4.79 Å². The number of fused-ring (bicyclic) bond motifs is 1. The minimum absolute atomic E-state index is 0.222. The largest absolute Gasteiger partial charge is 0.493 e. The lowest BCUT2D eigenvalue weighted by Gasteiger charge is -2.10. The minimum Gasteiger partial charge on any atom is -0.493 e. The maximum Gasteiger partial charge on any atom is 0.281 e. The molecule has 0 fully saturated rings. The zero-order valence-electron chi connectivity index (χ0n) is 22.1. The number of hydrogen-bond acceptors (Lipinski definition) is 5. The van der Waals surface area contributed by atoms with Gasteiger partial charge in [0.15, 0.2) is 17.1 Å². The highest BCUT2D eigenvalue weighted by Crippen LogP contribution is 2.36. The highest BCUT2D eigenvalue weighted by Gasteiger charge is 2.32. The summed E-state index contributed by atoms with van der Waals surface area (Å²) in [5, 5.41) is 12.0. The van der Waals surface area contributed by atoms with E-state index in [1.807, 2.05) is 128 Å². The van der Waals surface area contributed by atoms with Crippen molar-refractivity contribution in [3.8, 4) is 22.9 Å². The fourth-order valence-electron chi connectivity index (χ4n) is 4.96. The number of anilines is 1. The van der Waals surface area contributed by atoms with Crippen molar-refractivity contribution in [2.75, 3.05) is 12.1 Å². The quantitative estimate of drug-likeness (QED) is 0.212. The summed E-state index contributed by atoms with van der Waals surface area (Å²) in [5.41, 5.74) is 5.41. The number of furan rings is 1. The molecule has 1 aliphatic heterocycles. The lowest BCUT2D eigenvalue weighted by atomic mass is 10.00. The summed E-state index contributed by atoms with van der Waals surface area (Å²) in [4.78, 5) is 13.9. The van der Waals surface area contributed by atoms with Crippen LogP contribution < -0.4 is 9.75 Å². The van der Waals surface area contributed by atoms with Gasteiger partial charge in [-0.25, -0.2) is 4.68 Å². The Morgan fingerprint density at radius 1 is 0.805 bits per heavy atom. The molecule has 1 aliphatic rings. The zero-order chi connectivity index (χ0) is 27.8. The molecule has 0 saturated heterocycles. The maximum atomic E-state index is 13.9. The fourth-order valence-corrected chi connectivity index (χ4v) is 4.96. The predicted molar refractivity (Wildman–Crippen MR) is 160 cm³/mol. The van der Waals surface area contributed by atoms with Gasteiger partial charge >= 0.3 is 0 Å². The molecule has 0 atom stereocenters. The van der Waals surface area contributed by atoms with Crippen molar-refractivity contribution in [2.45, 2.75) is 0 Å². The second kappa shape index (κ2) is 10.1. The third-order valence-corrected chi connectivity index (χ3v) is 6.95. The van der Waals surface area contributed by atoms with Crippen molar-refractivity contribution < 1.29 is 13.9 Å². The number of ether oxygens (including phenoxy) is 1. The summed E-state index contributed by atoms with van der Waals surface area (Å²) in [6, 6.07) is 36.7. The number of hydrazone groups is 1. The molecule has 7 nitrogen and oxygen atoms in total. The highest BCUT2D eigenvalue weighted by molar-refractivity contribution is 6.37. The molecule has 0 unspecified atom stereocenters. The minimum atomic E-state index is -0.222. The van der Waals surface area contributed by atoms with E-state index in [4.69, 9.17) is 19.4 Å². The molecule has 0 radical (unpaired) electrons. The van der Waals surface area contributed by atoms with Crippen LogP contribution in [-0.4, -0.2) is 28.5 Å². The smallest absolute Gasteiger partial charge is 0.281 e. The Hall–Kier alpha value is -5.69. The SMILES string of the molecule is COc1cccc2cc(-c3nn(-c4ccccc4)cc3/C=C3\C(=O)N(c4ccccc4)N=C3c3ccccc3)oc12. The van der Waals surface area contributed by atoms with E-state index in [0.29, 0.717) is 45.3 Å². The van der Waals surface area contributed by atoms with Gasteiger partial charge in [0.2, 0.25) is 0 Å². The van der Waals surface area contributed by atoms with Crippen molar-refractivity contribution in [1.82, 2.24) is 9.78 Å². The molecular formula is C34H24N4O3. The Balaban J connectivity index is 1.42. The summed E-state index contributed by atoms with van der Waals surface area (Å²) in [5.74, 6) is 0.980. The van der Waals surface area contributed by atoms with Crippen molar-refractivity contribution in [3.05, 3.63) is 138 Å². The molecule has 0 N–H and O–H groups in total. The molecule has 1 amide bonds. The molecule has 0 saturated carbocycles. The molecule has 4 aromatic carbocycles. The van der Waals surface area contributed by atoms with Gasteiger partial charge < -0.3 is 9.15 Å². The van der Waals surface area contributed by atoms with Gasteiger partial charge in [0, 0.05) is 22.7 Å². The Kier molecular flexibility index (Phi) is 6.02. The molecule has 198 valence electrons. The van der Waals surface area contributed by atoms with Crippen LogP contribution in [0.15, 0.2) is 137 Å². The first-order chi connectivity index (χ1) is 20.2. The summed E-state index contributed by atoms with van der Waals surface area (Å²) in [6.07, 6.45) is 3.76. The Morgan fingerprint density at radius 2 is 1.49 bits per heavy atom. The van der Waals surface area contributed by atoms with Gasteiger partial charge in [-0.1, -0.05) is 78.9 Å². The number of hydrogen-bond donors (Lipinski definition) is 0. The summed E-state index contributed by atoms with van der Waals surface area (Å²) < 4.78 is 13.6. The Bertz CT molecular complexity index is 1940. The van der Waals surface area contributed by atoms with Gasteiger partial charge in [-0.05, 0) is 42.5 Å². The van der Waals surface area contributed by atoms with Crippen LogP contribution in [0.4, 0.5) is 5.69 Å². The lowest BCUT2D eigenvalue weighted by Crippen LogP contribution is -2.21. The zero-order valence-corrected chi connectivity index (χ0v) is 22.1. The van der Waals surface area contributed by atoms with E-state index in [1.54, 1.807) is 11.8 Å². The molecule has 41 heavy (non-hydrogen) atoms. The number of aromatic nitrogens is 2. The first-order valence-electron chi connectivity index (χ1n) is 13.2. The Morgan fingerprint density at radius 3 is 2.20 bits per heavy atom. The third-order valence-electron chi connectivity index (χ3n) is 6.95. The highest BCUT2D eigenvalue weighted by atomic mass is 16.5. The maximum absolute atomic E-state index is 13.9. The Labute approximate surface area is 236 Å². The van der Waals surface area contributed by atoms with Crippen molar-refractivity contribution >= 4 is 34.4 Å². The molecule has 3 heterocycles. The van der Waals surface area contributed by atoms with E-state index in [0.717, 1.165) is 16.6 Å². The van der Waals surface area contributed by atoms with Gasteiger partial charge in [0.25, 0.3) is 5.91 Å². The number of methoxy groups -OCH3 is 1. The average molecular weight is 537 g/mol. The lowest BCUT2D eigenvalue weighted by molar-refractivity contribution is -0.114. The average Bonchev–Trinajstić information content (AvgIpc) is 3.74. The van der Waals surface area contributed by atoms with Gasteiger partial charge in [-0.15, -0.1) is 0 Å². The van der Waals surface area contributed by atoms with E-state index in [9.17, 15) is 4.79 Å². The fraction of sp³-hybridized carbons (Fsp3) is 0.0294. The number of nitrogens with zero attached hydrogens (tertiary/aromatic N) is 4. The first-order valence-corrected chi connectivity index (χ1v) is 13.2. The van der Waals surface area contributed by atoms with Gasteiger partial charge in [-0.2, -0.15) is 15.2 Å². The number of para-hydroxylation sites is 3. The van der Waals surface area contributed by atoms with E-state index in [1.165, 1.54) is 5.01 Å². The van der Waals surface area contributed by atoms with Crippen LogP contribution in [0.1, 0.15) is 11.1 Å². The van der Waals surface area contributed by atoms with Crippen LogP contribution in [0.5, 0.6) is 5.75 Å². The summed E-state index contributed by atoms with van der Waals surface area (Å²) in [6.45, 7) is 0. The summed E-state index contributed by atoms with van der Waals surface area (Å²) >= 11 is 0.